The highest BCUT2D eigenvalue weighted by atomic mass is 15.0. The fourth-order valence-electron chi connectivity index (χ4n) is 21.3. The Bertz CT molecular complexity index is 8950. The molecule has 27 aromatic rings. The first-order chi connectivity index (χ1) is 65.4. The molecule has 0 N–H and O–H groups in total. The molecule has 0 saturated carbocycles. The zero-order valence-corrected chi connectivity index (χ0v) is 71.6. The third-order valence-corrected chi connectivity index (χ3v) is 27.4. The maximum atomic E-state index is 5.47. The number of para-hydroxylation sites is 8. The molecule has 0 aliphatic rings. The largest absolute Gasteiger partial charge is 0.309 e. The summed E-state index contributed by atoms with van der Waals surface area (Å²) in [5.74, 6) is 0.653. The molecule has 0 spiro atoms. The molecule has 614 valence electrons. The first-order valence-electron chi connectivity index (χ1n) is 45.2. The van der Waals surface area contributed by atoms with Gasteiger partial charge in [0.15, 0.2) is 5.82 Å². The van der Waals surface area contributed by atoms with Crippen molar-refractivity contribution in [3.05, 3.63) is 473 Å². The summed E-state index contributed by atoms with van der Waals surface area (Å²) in [4.78, 5) is 10.9. The van der Waals surface area contributed by atoms with Gasteiger partial charge in [0.2, 0.25) is 0 Å². The van der Waals surface area contributed by atoms with E-state index in [0.29, 0.717) is 5.82 Å². The van der Waals surface area contributed by atoms with Gasteiger partial charge in [-0.05, 0) is 256 Å². The van der Waals surface area contributed by atoms with Crippen LogP contribution in [0.4, 0.5) is 0 Å². The highest BCUT2D eigenvalue weighted by molar-refractivity contribution is 6.18. The van der Waals surface area contributed by atoms with E-state index in [1.807, 2.05) is 0 Å². The van der Waals surface area contributed by atoms with Crippen molar-refractivity contribution >= 4 is 131 Å². The molecule has 7 aromatic heterocycles. The van der Waals surface area contributed by atoms with Crippen LogP contribution in [0.25, 0.3) is 254 Å². The molecule has 0 bridgehead atoms. The van der Waals surface area contributed by atoms with Gasteiger partial charge in [-0.1, -0.05) is 273 Å². The van der Waals surface area contributed by atoms with Crippen LogP contribution in [-0.2, 0) is 0 Å². The maximum Gasteiger partial charge on any atom is 0.160 e. The Balaban J connectivity index is 0.563. The van der Waals surface area contributed by atoms with Gasteiger partial charge >= 0.3 is 0 Å². The number of aromatic nitrogens is 8. The predicted octanol–water partition coefficient (Wildman–Crippen LogP) is 32.4. The lowest BCUT2D eigenvalue weighted by molar-refractivity contribution is 1.16. The molecular weight excluding hydrogens is 1600 g/mol. The summed E-state index contributed by atoms with van der Waals surface area (Å²) in [6.07, 6.45) is 0. The molecule has 0 unspecified atom stereocenters. The van der Waals surface area contributed by atoms with E-state index < -0.39 is 0 Å². The molecule has 0 atom stereocenters. The zero-order valence-electron chi connectivity index (χ0n) is 71.6. The number of hydrogen-bond donors (Lipinski definition) is 0. The van der Waals surface area contributed by atoms with Crippen molar-refractivity contribution in [2.24, 2.45) is 0 Å². The summed E-state index contributed by atoms with van der Waals surface area (Å²) in [5, 5.41) is 14.5. The second-order valence-electron chi connectivity index (χ2n) is 34.8. The Hall–Kier alpha value is -17.7. The third kappa shape index (κ3) is 12.0. The van der Waals surface area contributed by atoms with Gasteiger partial charge in [0.1, 0.15) is 0 Å². The summed E-state index contributed by atoms with van der Waals surface area (Å²) >= 11 is 0. The van der Waals surface area contributed by atoms with Gasteiger partial charge in [0.25, 0.3) is 0 Å². The maximum absolute atomic E-state index is 5.47. The van der Waals surface area contributed by atoms with Crippen LogP contribution in [0.3, 0.4) is 0 Å². The standard InChI is InChI=1S/C124H78N8/c1-6-26-81(27-7-1)124-125-110(78-111(126-124)91-29-25-39-97(69-91)132-122-66-58-89(85-54-62-118-104(72-85)100-42-18-22-46-114(100)129(118)94-34-12-4-13-35-94)76-108(122)109-77-90(59-67-123(109)132)86-55-63-119-105(73-86)101-43-19-23-47-115(101)130(119)95-36-14-5-15-37-95)80-50-48-79(49-51-80)82-28-24-38-96(68-82)131-120-64-56-87(83-52-60-116-102(70-83)98-40-16-20-44-112(98)127(116)92-30-8-2-9-31-92)74-106(120)107-75-88(57-65-121(107)131)84-53-61-117-103(71-84)99-41-17-21-45-113(99)128(117)93-32-10-3-11-33-93/h1-78H. The molecule has 0 aliphatic heterocycles. The van der Waals surface area contributed by atoms with Crippen LogP contribution >= 0.6 is 0 Å². The van der Waals surface area contributed by atoms with Gasteiger partial charge < -0.3 is 27.4 Å². The SMILES string of the molecule is c1ccc(-c2nc(-c3ccc(-c4cccc(-n5c6ccc(-c7ccc8c(c7)c7ccccc7n8-c7ccccc7)cc6c6cc(-c7ccc8c(c7)c7ccccc7n8-c7ccccc7)ccc65)c4)cc3)cc(-c3cccc(-n4c5ccc(-c6ccc7c(c6)c6ccccc6n7-c6ccccc6)cc5c5cc(-c6ccc7c(c6)c6ccccc6n7-c6ccccc6)ccc54)c3)n2)cc1. The second kappa shape index (κ2) is 30.0. The quantitative estimate of drug-likeness (QED) is 0.109. The van der Waals surface area contributed by atoms with Gasteiger partial charge in [0, 0.05) is 115 Å². The molecule has 0 amide bonds. The van der Waals surface area contributed by atoms with Crippen LogP contribution in [0.2, 0.25) is 0 Å². The lowest BCUT2D eigenvalue weighted by atomic mass is 9.98. The molecule has 8 nitrogen and oxygen atoms in total. The monoisotopic (exact) mass is 1680 g/mol. The lowest BCUT2D eigenvalue weighted by Crippen LogP contribution is -1.98. The Morgan fingerprint density at radius 3 is 0.614 bits per heavy atom. The normalized spacial score (nSPS) is 11.9. The molecule has 132 heavy (non-hydrogen) atoms. The topological polar surface area (TPSA) is 55.4 Å². The Morgan fingerprint density at radius 2 is 0.311 bits per heavy atom. The summed E-state index contributed by atoms with van der Waals surface area (Å²) in [6, 6.07) is 174. The van der Waals surface area contributed by atoms with Crippen LogP contribution < -0.4 is 0 Å². The van der Waals surface area contributed by atoms with Crippen molar-refractivity contribution in [2.75, 3.05) is 0 Å². The third-order valence-electron chi connectivity index (χ3n) is 27.4. The van der Waals surface area contributed by atoms with Gasteiger partial charge in [0.05, 0.1) is 77.6 Å². The molecule has 8 heteroatoms. The van der Waals surface area contributed by atoms with E-state index in [1.54, 1.807) is 0 Å². The number of nitrogens with zero attached hydrogens (tertiary/aromatic N) is 8. The van der Waals surface area contributed by atoms with Crippen molar-refractivity contribution < 1.29 is 0 Å². The summed E-state index contributed by atoms with van der Waals surface area (Å²) in [5.41, 5.74) is 36.6. The smallest absolute Gasteiger partial charge is 0.160 e. The first-order valence-corrected chi connectivity index (χ1v) is 45.2. The van der Waals surface area contributed by atoms with Crippen LogP contribution in [0, 0.1) is 0 Å². The Morgan fingerprint density at radius 1 is 0.114 bits per heavy atom. The van der Waals surface area contributed by atoms with Crippen molar-refractivity contribution in [3.8, 4) is 124 Å². The average molecular weight is 1680 g/mol. The molecule has 0 fully saturated rings. The van der Waals surface area contributed by atoms with E-state index in [1.165, 1.54) is 98.0 Å². The molecule has 0 aliphatic carbocycles. The number of hydrogen-bond acceptors (Lipinski definition) is 2. The van der Waals surface area contributed by atoms with Crippen LogP contribution in [0.1, 0.15) is 0 Å². The average Bonchev–Trinajstić information content (AvgIpc) is 1.59. The van der Waals surface area contributed by atoms with Crippen LogP contribution in [-0.4, -0.2) is 37.4 Å². The highest BCUT2D eigenvalue weighted by Gasteiger charge is 2.25. The van der Waals surface area contributed by atoms with Gasteiger partial charge in [-0.3, -0.25) is 0 Å². The minimum Gasteiger partial charge on any atom is -0.309 e. The molecule has 7 heterocycles. The van der Waals surface area contributed by atoms with Gasteiger partial charge in [-0.25, -0.2) is 9.97 Å². The van der Waals surface area contributed by atoms with Crippen molar-refractivity contribution in [2.45, 2.75) is 0 Å². The fraction of sp³-hybridized carbons (Fsp3) is 0. The number of benzene rings is 20. The second-order valence-corrected chi connectivity index (χ2v) is 34.8. The van der Waals surface area contributed by atoms with E-state index in [-0.39, 0.29) is 0 Å². The van der Waals surface area contributed by atoms with E-state index in [0.717, 1.165) is 151 Å². The Labute approximate surface area is 759 Å². The van der Waals surface area contributed by atoms with Crippen molar-refractivity contribution in [1.82, 2.24) is 37.4 Å². The van der Waals surface area contributed by atoms with E-state index in [4.69, 9.17) is 9.97 Å². The molecule has 27 rings (SSSR count). The number of fused-ring (bicyclic) bond motifs is 18. The van der Waals surface area contributed by atoms with Crippen molar-refractivity contribution in [3.63, 3.8) is 0 Å². The summed E-state index contributed by atoms with van der Waals surface area (Å²) in [6.45, 7) is 0. The van der Waals surface area contributed by atoms with Crippen molar-refractivity contribution in [1.29, 1.82) is 0 Å². The van der Waals surface area contributed by atoms with Gasteiger partial charge in [-0.2, -0.15) is 0 Å². The fourth-order valence-corrected chi connectivity index (χ4v) is 21.3. The lowest BCUT2D eigenvalue weighted by Gasteiger charge is -2.13. The first kappa shape index (κ1) is 74.5. The summed E-state index contributed by atoms with van der Waals surface area (Å²) < 4.78 is 14.5. The predicted molar refractivity (Wildman–Crippen MR) is 552 cm³/mol. The minimum absolute atomic E-state index is 0.653. The number of rotatable bonds is 14. The highest BCUT2D eigenvalue weighted by Crippen LogP contribution is 2.47. The zero-order chi connectivity index (χ0) is 86.6. The molecular formula is C124H78N8. The van der Waals surface area contributed by atoms with Crippen LogP contribution in [0.15, 0.2) is 473 Å². The molecule has 0 saturated heterocycles. The van der Waals surface area contributed by atoms with E-state index >= 15 is 0 Å². The molecule has 20 aromatic carbocycles. The Kier molecular flexibility index (Phi) is 16.9. The summed E-state index contributed by atoms with van der Waals surface area (Å²) in [7, 11) is 0. The van der Waals surface area contributed by atoms with Gasteiger partial charge in [-0.15, -0.1) is 0 Å². The van der Waals surface area contributed by atoms with E-state index in [9.17, 15) is 0 Å². The minimum atomic E-state index is 0.653. The van der Waals surface area contributed by atoms with E-state index in [2.05, 4.69) is 501 Å². The molecule has 0 radical (unpaired) electrons. The van der Waals surface area contributed by atoms with Crippen LogP contribution in [0.5, 0.6) is 0 Å².